The normalized spacial score (nSPS) is 15.3. The number of nitrogens with zero attached hydrogens (tertiary/aromatic N) is 2. The van der Waals surface area contributed by atoms with E-state index in [9.17, 15) is 14.9 Å². The van der Waals surface area contributed by atoms with Crippen molar-refractivity contribution in [2.45, 2.75) is 19.4 Å². The maximum Gasteiger partial charge on any atom is 0.271 e. The molecule has 142 valence electrons. The van der Waals surface area contributed by atoms with Crippen molar-refractivity contribution in [3.05, 3.63) is 58.1 Å². The van der Waals surface area contributed by atoms with Crippen LogP contribution in [-0.2, 0) is 11.2 Å². The number of nitro benzene ring substituents is 1. The molecule has 2 aromatic carbocycles. The highest BCUT2D eigenvalue weighted by molar-refractivity contribution is 5.99. The van der Waals surface area contributed by atoms with Crippen LogP contribution in [0.2, 0.25) is 0 Å². The SMILES string of the molecule is C[C@@H]1Cc2ccccc2N1C(=O)CNc1cc([N+](=O)[O-])ccc1NCCO. The van der Waals surface area contributed by atoms with Crippen LogP contribution in [0.4, 0.5) is 22.7 Å². The summed E-state index contributed by atoms with van der Waals surface area (Å²) in [5.41, 5.74) is 3.02. The zero-order chi connectivity index (χ0) is 19.4. The van der Waals surface area contributed by atoms with Gasteiger partial charge in [-0.25, -0.2) is 0 Å². The second-order valence-electron chi connectivity index (χ2n) is 6.44. The Morgan fingerprint density at radius 2 is 2.04 bits per heavy atom. The number of benzene rings is 2. The fraction of sp³-hybridized carbons (Fsp3) is 0.316. The highest BCUT2D eigenvalue weighted by atomic mass is 16.6. The third kappa shape index (κ3) is 4.01. The van der Waals surface area contributed by atoms with Gasteiger partial charge in [0.15, 0.2) is 0 Å². The lowest BCUT2D eigenvalue weighted by molar-refractivity contribution is -0.384. The van der Waals surface area contributed by atoms with Crippen LogP contribution in [-0.4, -0.2) is 41.7 Å². The van der Waals surface area contributed by atoms with Gasteiger partial charge in [0, 0.05) is 30.4 Å². The monoisotopic (exact) mass is 370 g/mol. The van der Waals surface area contributed by atoms with Crippen molar-refractivity contribution < 1.29 is 14.8 Å². The van der Waals surface area contributed by atoms with Crippen LogP contribution in [0.3, 0.4) is 0 Å². The van der Waals surface area contributed by atoms with Gasteiger partial charge in [0.1, 0.15) is 0 Å². The molecule has 0 fully saturated rings. The number of nitro groups is 1. The molecule has 0 unspecified atom stereocenters. The Balaban J connectivity index is 1.76. The van der Waals surface area contributed by atoms with Gasteiger partial charge in [-0.05, 0) is 31.0 Å². The van der Waals surface area contributed by atoms with Crippen molar-refractivity contribution in [2.75, 3.05) is 35.2 Å². The lowest BCUT2D eigenvalue weighted by Crippen LogP contribution is -2.39. The quantitative estimate of drug-likeness (QED) is 0.510. The van der Waals surface area contributed by atoms with Gasteiger partial charge in [-0.1, -0.05) is 18.2 Å². The summed E-state index contributed by atoms with van der Waals surface area (Å²) in [7, 11) is 0. The van der Waals surface area contributed by atoms with E-state index in [0.29, 0.717) is 17.9 Å². The molecule has 8 nitrogen and oxygen atoms in total. The summed E-state index contributed by atoms with van der Waals surface area (Å²) < 4.78 is 0. The molecular weight excluding hydrogens is 348 g/mol. The molecule has 8 heteroatoms. The smallest absolute Gasteiger partial charge is 0.271 e. The van der Waals surface area contributed by atoms with E-state index in [4.69, 9.17) is 5.11 Å². The molecule has 0 spiro atoms. The predicted octanol–water partition coefficient (Wildman–Crippen LogP) is 2.39. The Kier molecular flexibility index (Phi) is 5.56. The second-order valence-corrected chi connectivity index (χ2v) is 6.44. The fourth-order valence-corrected chi connectivity index (χ4v) is 3.34. The molecule has 0 radical (unpaired) electrons. The zero-order valence-electron chi connectivity index (χ0n) is 15.0. The van der Waals surface area contributed by atoms with Crippen LogP contribution in [0, 0.1) is 10.1 Å². The molecule has 0 aliphatic carbocycles. The number of hydrogen-bond donors (Lipinski definition) is 3. The molecule has 1 heterocycles. The molecule has 1 aliphatic rings. The lowest BCUT2D eigenvalue weighted by Gasteiger charge is -2.23. The topological polar surface area (TPSA) is 108 Å². The van der Waals surface area contributed by atoms with Crippen molar-refractivity contribution >= 4 is 28.7 Å². The van der Waals surface area contributed by atoms with Crippen LogP contribution < -0.4 is 15.5 Å². The molecule has 3 N–H and O–H groups in total. The Hall–Kier alpha value is -3.13. The number of carbonyl (C=O) groups is 1. The van der Waals surface area contributed by atoms with Gasteiger partial charge in [0.25, 0.3) is 5.69 Å². The van der Waals surface area contributed by atoms with Crippen LogP contribution in [0.1, 0.15) is 12.5 Å². The summed E-state index contributed by atoms with van der Waals surface area (Å²) in [6, 6.07) is 12.2. The molecule has 1 amide bonds. The average Bonchev–Trinajstić information content (AvgIpc) is 3.00. The van der Waals surface area contributed by atoms with E-state index in [0.717, 1.165) is 17.7 Å². The molecule has 3 rings (SSSR count). The number of para-hydroxylation sites is 1. The predicted molar refractivity (Wildman–Crippen MR) is 104 cm³/mol. The molecule has 1 aliphatic heterocycles. The Labute approximate surface area is 157 Å². The van der Waals surface area contributed by atoms with E-state index in [1.807, 2.05) is 31.2 Å². The van der Waals surface area contributed by atoms with Crippen LogP contribution >= 0.6 is 0 Å². The first-order chi connectivity index (χ1) is 13.0. The van der Waals surface area contributed by atoms with E-state index in [-0.39, 0.29) is 30.8 Å². The molecule has 0 bridgehead atoms. The van der Waals surface area contributed by atoms with Gasteiger partial charge in [0.2, 0.25) is 5.91 Å². The van der Waals surface area contributed by atoms with E-state index >= 15 is 0 Å². The molecule has 0 saturated carbocycles. The largest absolute Gasteiger partial charge is 0.395 e. The van der Waals surface area contributed by atoms with Crippen LogP contribution in [0.25, 0.3) is 0 Å². The van der Waals surface area contributed by atoms with Gasteiger partial charge in [-0.2, -0.15) is 0 Å². The summed E-state index contributed by atoms with van der Waals surface area (Å²) in [4.78, 5) is 25.1. The first-order valence-electron chi connectivity index (χ1n) is 8.78. The average molecular weight is 370 g/mol. The number of nitrogens with one attached hydrogen (secondary N) is 2. The first kappa shape index (κ1) is 18.7. The summed E-state index contributed by atoms with van der Waals surface area (Å²) >= 11 is 0. The maximum absolute atomic E-state index is 12.8. The second kappa shape index (κ2) is 8.05. The highest BCUT2D eigenvalue weighted by Crippen LogP contribution is 2.32. The van der Waals surface area contributed by atoms with E-state index in [1.54, 1.807) is 11.0 Å². The van der Waals surface area contributed by atoms with Crippen molar-refractivity contribution in [3.8, 4) is 0 Å². The zero-order valence-corrected chi connectivity index (χ0v) is 15.0. The summed E-state index contributed by atoms with van der Waals surface area (Å²) in [5, 5.41) is 26.0. The summed E-state index contributed by atoms with van der Waals surface area (Å²) in [6.07, 6.45) is 0.808. The van der Waals surface area contributed by atoms with Crippen LogP contribution in [0.5, 0.6) is 0 Å². The fourth-order valence-electron chi connectivity index (χ4n) is 3.34. The minimum atomic E-state index is -0.485. The van der Waals surface area contributed by atoms with Gasteiger partial charge in [-0.15, -0.1) is 0 Å². The molecule has 0 saturated heterocycles. The van der Waals surface area contributed by atoms with Crippen molar-refractivity contribution in [2.24, 2.45) is 0 Å². The van der Waals surface area contributed by atoms with Gasteiger partial charge in [0.05, 0.1) is 29.4 Å². The number of fused-ring (bicyclic) bond motifs is 1. The number of aliphatic hydroxyl groups excluding tert-OH is 1. The molecule has 1 atom stereocenters. The van der Waals surface area contributed by atoms with Gasteiger partial charge < -0.3 is 20.6 Å². The third-order valence-electron chi connectivity index (χ3n) is 4.55. The van der Waals surface area contributed by atoms with E-state index in [1.165, 1.54) is 12.1 Å². The van der Waals surface area contributed by atoms with Crippen molar-refractivity contribution in [1.82, 2.24) is 0 Å². The van der Waals surface area contributed by atoms with E-state index in [2.05, 4.69) is 10.6 Å². The lowest BCUT2D eigenvalue weighted by atomic mass is 10.1. The summed E-state index contributed by atoms with van der Waals surface area (Å²) in [6.45, 7) is 2.24. The minimum absolute atomic E-state index is 0.00759. The Morgan fingerprint density at radius 3 is 2.78 bits per heavy atom. The highest BCUT2D eigenvalue weighted by Gasteiger charge is 2.30. The number of non-ortho nitro benzene ring substituents is 1. The van der Waals surface area contributed by atoms with Gasteiger partial charge in [-0.3, -0.25) is 14.9 Å². The number of carbonyl (C=O) groups excluding carboxylic acids is 1. The number of anilines is 3. The third-order valence-corrected chi connectivity index (χ3v) is 4.55. The number of hydrogen-bond acceptors (Lipinski definition) is 6. The Morgan fingerprint density at radius 1 is 1.26 bits per heavy atom. The van der Waals surface area contributed by atoms with Crippen molar-refractivity contribution in [1.29, 1.82) is 0 Å². The number of aliphatic hydroxyl groups is 1. The number of rotatable bonds is 7. The molecule has 0 aromatic heterocycles. The first-order valence-corrected chi connectivity index (χ1v) is 8.78. The summed E-state index contributed by atoms with van der Waals surface area (Å²) in [5.74, 6) is -0.105. The maximum atomic E-state index is 12.8. The van der Waals surface area contributed by atoms with E-state index < -0.39 is 4.92 Å². The van der Waals surface area contributed by atoms with Gasteiger partial charge >= 0.3 is 0 Å². The van der Waals surface area contributed by atoms with Crippen LogP contribution in [0.15, 0.2) is 42.5 Å². The molecule has 27 heavy (non-hydrogen) atoms. The minimum Gasteiger partial charge on any atom is -0.395 e. The molecular formula is C19H22N4O4. The Bertz CT molecular complexity index is 855. The van der Waals surface area contributed by atoms with Crippen molar-refractivity contribution in [3.63, 3.8) is 0 Å². The standard InChI is InChI=1S/C19H22N4O4/c1-13-10-14-4-2-3-5-18(14)22(13)19(25)12-21-17-11-15(23(26)27)6-7-16(17)20-8-9-24/h2-7,11,13,20-21,24H,8-10,12H2,1H3/t13-/m1/s1. The molecule has 2 aromatic rings. The number of amides is 1.